The minimum absolute atomic E-state index is 0.113. The fourth-order valence-electron chi connectivity index (χ4n) is 2.64. The van der Waals surface area contributed by atoms with Crippen LogP contribution >= 0.6 is 0 Å². The molecule has 0 aromatic carbocycles. The zero-order valence-electron chi connectivity index (χ0n) is 17.9. The van der Waals surface area contributed by atoms with Crippen molar-refractivity contribution in [1.82, 2.24) is 20.9 Å². The maximum Gasteiger partial charge on any atom is 0.256 e. The van der Waals surface area contributed by atoms with Crippen molar-refractivity contribution in [1.29, 1.82) is 0 Å². The summed E-state index contributed by atoms with van der Waals surface area (Å²) in [4.78, 5) is 71.1. The van der Waals surface area contributed by atoms with Gasteiger partial charge in [0.15, 0.2) is 7.85 Å². The minimum Gasteiger partial charge on any atom is -0.354 e. The predicted molar refractivity (Wildman–Crippen MR) is 111 cm³/mol. The number of hydrogen-bond donors (Lipinski definition) is 3. The van der Waals surface area contributed by atoms with Gasteiger partial charge < -0.3 is 20.7 Å². The number of amides is 5. The molecule has 11 heteroatoms. The summed E-state index contributed by atoms with van der Waals surface area (Å²) >= 11 is 0. The first-order valence-electron chi connectivity index (χ1n) is 9.94. The molecule has 0 saturated heterocycles. The number of carbonyl (C=O) groups excluding carboxylic acids is 6. The van der Waals surface area contributed by atoms with E-state index >= 15 is 0 Å². The molecule has 10 nitrogen and oxygen atoms in total. The molecule has 0 fully saturated rings. The monoisotopic (exact) mass is 420 g/mol. The van der Waals surface area contributed by atoms with Crippen LogP contribution in [0.2, 0.25) is 0 Å². The van der Waals surface area contributed by atoms with E-state index in [-0.39, 0.29) is 55.2 Å². The number of hydrogen-bond acceptors (Lipinski definition) is 6. The van der Waals surface area contributed by atoms with Gasteiger partial charge in [0.05, 0.1) is 6.04 Å². The number of rotatable bonds is 12. The molecule has 0 bridgehead atoms. The van der Waals surface area contributed by atoms with Gasteiger partial charge in [0.1, 0.15) is 11.7 Å². The van der Waals surface area contributed by atoms with E-state index in [1.807, 2.05) is 0 Å². The molecule has 164 valence electrons. The van der Waals surface area contributed by atoms with Crippen LogP contribution in [-0.4, -0.2) is 73.1 Å². The maximum atomic E-state index is 11.9. The van der Waals surface area contributed by atoms with E-state index < -0.39 is 18.0 Å². The molecule has 1 aliphatic rings. The number of unbranched alkanes of at least 4 members (excludes halogenated alkanes) is 1. The molecule has 1 rings (SSSR count). The lowest BCUT2D eigenvalue weighted by Crippen LogP contribution is -2.49. The quantitative estimate of drug-likeness (QED) is 0.192. The van der Waals surface area contributed by atoms with Gasteiger partial charge in [0.2, 0.25) is 17.7 Å². The second-order valence-electron chi connectivity index (χ2n) is 7.31. The highest BCUT2D eigenvalue weighted by atomic mass is 16.2. The Morgan fingerprint density at radius 3 is 2.13 bits per heavy atom. The lowest BCUT2D eigenvalue weighted by molar-refractivity contribution is -0.137. The highest BCUT2D eigenvalue weighted by molar-refractivity contribution is 6.59. The van der Waals surface area contributed by atoms with Crippen LogP contribution in [0.4, 0.5) is 0 Å². The first-order valence-corrected chi connectivity index (χ1v) is 9.94. The fourth-order valence-corrected chi connectivity index (χ4v) is 2.64. The van der Waals surface area contributed by atoms with E-state index in [1.54, 1.807) is 13.8 Å². The van der Waals surface area contributed by atoms with Gasteiger partial charge in [-0.2, -0.15) is 0 Å². The molecule has 0 radical (unpaired) electrons. The lowest BCUT2D eigenvalue weighted by atomic mass is 9.96. The summed E-state index contributed by atoms with van der Waals surface area (Å²) in [6.07, 6.45) is 2.57. The largest absolute Gasteiger partial charge is 0.354 e. The molecular formula is C19H29BN4O6. The highest BCUT2D eigenvalue weighted by Crippen LogP contribution is 2.10. The Kier molecular flexibility index (Phi) is 9.93. The molecule has 0 saturated carbocycles. The van der Waals surface area contributed by atoms with Crippen LogP contribution in [0.1, 0.15) is 46.5 Å². The van der Waals surface area contributed by atoms with E-state index in [0.717, 1.165) is 4.90 Å². The Balaban J connectivity index is 2.16. The molecule has 2 atom stereocenters. The van der Waals surface area contributed by atoms with Crippen LogP contribution in [0.5, 0.6) is 0 Å². The second-order valence-corrected chi connectivity index (χ2v) is 7.31. The molecular weight excluding hydrogens is 391 g/mol. The average Bonchev–Trinajstić information content (AvgIpc) is 2.90. The standard InChI is InChI=1S/C19H29BN4O6/c1-11-10-16(27)24(19(11)30)9-8-21-14(25)6-4-5-7-15(26)22-13(3)18(29)23-12(2)17(20)28/h10,12-13H,4-9,20H2,1-3H3,(H,21,25)(H,22,26)(H,23,29). The molecule has 0 aliphatic carbocycles. The fraction of sp³-hybridized carbons (Fsp3) is 0.579. The minimum atomic E-state index is -0.767. The zero-order chi connectivity index (χ0) is 22.8. The van der Waals surface area contributed by atoms with Crippen molar-refractivity contribution in [3.8, 4) is 0 Å². The van der Waals surface area contributed by atoms with Crippen LogP contribution < -0.4 is 16.0 Å². The van der Waals surface area contributed by atoms with Gasteiger partial charge in [0, 0.05) is 37.6 Å². The Morgan fingerprint density at radius 2 is 1.60 bits per heavy atom. The summed E-state index contributed by atoms with van der Waals surface area (Å²) in [7, 11) is 1.37. The number of carbonyl (C=O) groups is 6. The normalized spacial score (nSPS) is 15.3. The summed E-state index contributed by atoms with van der Waals surface area (Å²) < 4.78 is 0. The second kappa shape index (κ2) is 11.9. The smallest absolute Gasteiger partial charge is 0.256 e. The summed E-state index contributed by atoms with van der Waals surface area (Å²) in [6.45, 7) is 4.94. The van der Waals surface area contributed by atoms with Crippen molar-refractivity contribution in [2.75, 3.05) is 13.1 Å². The van der Waals surface area contributed by atoms with E-state index in [9.17, 15) is 28.8 Å². The van der Waals surface area contributed by atoms with Crippen LogP contribution in [0.25, 0.3) is 0 Å². The number of nitrogens with zero attached hydrogens (tertiary/aromatic N) is 1. The molecule has 1 aliphatic heterocycles. The highest BCUT2D eigenvalue weighted by Gasteiger charge is 2.27. The molecule has 3 N–H and O–H groups in total. The Morgan fingerprint density at radius 1 is 1.00 bits per heavy atom. The molecule has 0 aromatic heterocycles. The van der Waals surface area contributed by atoms with E-state index in [0.29, 0.717) is 18.4 Å². The number of nitrogens with one attached hydrogen (secondary N) is 3. The molecule has 1 heterocycles. The van der Waals surface area contributed by atoms with E-state index in [2.05, 4.69) is 16.0 Å². The third kappa shape index (κ3) is 8.18. The first-order chi connectivity index (χ1) is 14.0. The molecule has 30 heavy (non-hydrogen) atoms. The third-order valence-corrected chi connectivity index (χ3v) is 4.64. The van der Waals surface area contributed by atoms with Gasteiger partial charge in [-0.3, -0.25) is 28.9 Å². The van der Waals surface area contributed by atoms with Crippen LogP contribution in [-0.2, 0) is 28.8 Å². The molecule has 5 amide bonds. The molecule has 0 spiro atoms. The maximum absolute atomic E-state index is 11.9. The summed E-state index contributed by atoms with van der Waals surface area (Å²) in [5.41, 5.74) is 0.204. The lowest BCUT2D eigenvalue weighted by Gasteiger charge is -2.17. The Labute approximate surface area is 176 Å². The van der Waals surface area contributed by atoms with Gasteiger partial charge in [-0.05, 0) is 33.6 Å². The van der Waals surface area contributed by atoms with E-state index in [1.165, 1.54) is 20.8 Å². The molecule has 2 unspecified atom stereocenters. The first kappa shape index (κ1) is 25.1. The van der Waals surface area contributed by atoms with Gasteiger partial charge in [-0.15, -0.1) is 0 Å². The van der Waals surface area contributed by atoms with Crippen molar-refractivity contribution in [3.63, 3.8) is 0 Å². The predicted octanol–water partition coefficient (Wildman–Crippen LogP) is -1.85. The van der Waals surface area contributed by atoms with Crippen LogP contribution in [0.3, 0.4) is 0 Å². The van der Waals surface area contributed by atoms with Gasteiger partial charge in [-0.25, -0.2) is 0 Å². The Bertz CT molecular complexity index is 751. The number of imide groups is 1. The van der Waals surface area contributed by atoms with Crippen molar-refractivity contribution < 1.29 is 28.8 Å². The van der Waals surface area contributed by atoms with Crippen LogP contribution in [0.15, 0.2) is 11.6 Å². The van der Waals surface area contributed by atoms with Crippen LogP contribution in [0, 0.1) is 0 Å². The van der Waals surface area contributed by atoms with Crippen molar-refractivity contribution in [2.45, 2.75) is 58.5 Å². The van der Waals surface area contributed by atoms with Crippen molar-refractivity contribution in [2.24, 2.45) is 0 Å². The van der Waals surface area contributed by atoms with Crippen molar-refractivity contribution in [3.05, 3.63) is 11.6 Å². The molecule has 0 aromatic rings. The van der Waals surface area contributed by atoms with Crippen molar-refractivity contribution >= 4 is 43.1 Å². The summed E-state index contributed by atoms with van der Waals surface area (Å²) in [5.74, 6) is -1.71. The van der Waals surface area contributed by atoms with E-state index in [4.69, 9.17) is 0 Å². The Hall–Kier alpha value is -2.98. The third-order valence-electron chi connectivity index (χ3n) is 4.64. The van der Waals surface area contributed by atoms with Gasteiger partial charge in [-0.1, -0.05) is 0 Å². The zero-order valence-corrected chi connectivity index (χ0v) is 17.9. The van der Waals surface area contributed by atoms with Gasteiger partial charge in [0.25, 0.3) is 11.8 Å². The SMILES string of the molecule is BC(=O)C(C)NC(=O)C(C)NC(=O)CCCCC(=O)NCCN1C(=O)C=C(C)C1=O. The topological polar surface area (TPSA) is 142 Å². The average molecular weight is 420 g/mol. The summed E-state index contributed by atoms with van der Waals surface area (Å²) in [6, 6.07) is -1.38. The summed E-state index contributed by atoms with van der Waals surface area (Å²) in [5, 5.41) is 7.70. The van der Waals surface area contributed by atoms with Gasteiger partial charge >= 0.3 is 0 Å².